The topological polar surface area (TPSA) is 79.8 Å². The van der Waals surface area contributed by atoms with Gasteiger partial charge in [0, 0.05) is 28.2 Å². The van der Waals surface area contributed by atoms with E-state index in [1.165, 1.54) is 17.7 Å². The molecule has 0 unspecified atom stereocenters. The van der Waals surface area contributed by atoms with E-state index in [2.05, 4.69) is 25.6 Å². The second-order valence-corrected chi connectivity index (χ2v) is 7.63. The standard InChI is InChI=1S/C17H17N5OS2/c23-16(22-17-21-12-3-1-2-4-14(12)25-17)20-9-13-15(19-7-6-18-13)11-5-8-24-10-11/h5-8,10H,1-4,9H2,(H2,20,21,22,23). The molecular formula is C17H17N5OS2. The fraction of sp³-hybridized carbons (Fsp3) is 0.294. The van der Waals surface area contributed by atoms with Gasteiger partial charge in [0.2, 0.25) is 0 Å². The molecule has 0 aliphatic heterocycles. The van der Waals surface area contributed by atoms with Crippen molar-refractivity contribution in [3.8, 4) is 11.3 Å². The molecule has 3 heterocycles. The van der Waals surface area contributed by atoms with Crippen molar-refractivity contribution in [1.29, 1.82) is 0 Å². The fourth-order valence-electron chi connectivity index (χ4n) is 2.85. The molecule has 8 heteroatoms. The van der Waals surface area contributed by atoms with E-state index in [9.17, 15) is 4.79 Å². The van der Waals surface area contributed by atoms with Crippen LogP contribution in [0.5, 0.6) is 0 Å². The van der Waals surface area contributed by atoms with Gasteiger partial charge in [-0.3, -0.25) is 15.3 Å². The number of anilines is 1. The van der Waals surface area contributed by atoms with E-state index in [-0.39, 0.29) is 6.03 Å². The summed E-state index contributed by atoms with van der Waals surface area (Å²) in [5.74, 6) is 0. The van der Waals surface area contributed by atoms with Crippen molar-refractivity contribution in [2.45, 2.75) is 32.2 Å². The average Bonchev–Trinajstić information content (AvgIpc) is 3.29. The highest BCUT2D eigenvalue weighted by molar-refractivity contribution is 7.15. The molecule has 2 amide bonds. The molecule has 0 aromatic carbocycles. The van der Waals surface area contributed by atoms with Gasteiger partial charge in [-0.05, 0) is 37.1 Å². The summed E-state index contributed by atoms with van der Waals surface area (Å²) >= 11 is 3.18. The number of thiazole rings is 1. The molecule has 6 nitrogen and oxygen atoms in total. The van der Waals surface area contributed by atoms with E-state index in [1.807, 2.05) is 16.8 Å². The SMILES string of the molecule is O=C(NCc1nccnc1-c1ccsc1)Nc1nc2c(s1)CCCC2. The van der Waals surface area contributed by atoms with Gasteiger partial charge in [0.15, 0.2) is 5.13 Å². The fourth-order valence-corrected chi connectivity index (χ4v) is 4.53. The van der Waals surface area contributed by atoms with Crippen LogP contribution in [0.4, 0.5) is 9.93 Å². The van der Waals surface area contributed by atoms with Crippen LogP contribution in [-0.2, 0) is 19.4 Å². The van der Waals surface area contributed by atoms with Gasteiger partial charge in [0.05, 0.1) is 23.6 Å². The first-order valence-corrected chi connectivity index (χ1v) is 9.91. The van der Waals surface area contributed by atoms with E-state index in [0.717, 1.165) is 35.5 Å². The van der Waals surface area contributed by atoms with Crippen molar-refractivity contribution in [3.63, 3.8) is 0 Å². The number of carbonyl (C=O) groups excluding carboxylic acids is 1. The van der Waals surface area contributed by atoms with Crippen molar-refractivity contribution in [2.75, 3.05) is 5.32 Å². The Labute approximate surface area is 153 Å². The number of fused-ring (bicyclic) bond motifs is 1. The Morgan fingerprint density at radius 2 is 2.08 bits per heavy atom. The smallest absolute Gasteiger partial charge is 0.321 e. The monoisotopic (exact) mass is 371 g/mol. The molecule has 0 saturated carbocycles. The van der Waals surface area contributed by atoms with E-state index in [0.29, 0.717) is 11.7 Å². The normalized spacial score (nSPS) is 13.3. The Hall–Kier alpha value is -2.32. The summed E-state index contributed by atoms with van der Waals surface area (Å²) in [6.07, 6.45) is 7.77. The summed E-state index contributed by atoms with van der Waals surface area (Å²) < 4.78 is 0. The third kappa shape index (κ3) is 3.69. The van der Waals surface area contributed by atoms with Crippen molar-refractivity contribution < 1.29 is 4.79 Å². The second kappa shape index (κ2) is 7.28. The van der Waals surface area contributed by atoms with Gasteiger partial charge in [-0.1, -0.05) is 0 Å². The van der Waals surface area contributed by atoms with Gasteiger partial charge in [-0.15, -0.1) is 11.3 Å². The van der Waals surface area contributed by atoms with Crippen molar-refractivity contribution in [2.24, 2.45) is 0 Å². The number of urea groups is 1. The van der Waals surface area contributed by atoms with E-state index in [1.54, 1.807) is 35.1 Å². The molecule has 128 valence electrons. The first-order chi connectivity index (χ1) is 12.3. The summed E-state index contributed by atoms with van der Waals surface area (Å²) in [7, 11) is 0. The zero-order valence-corrected chi connectivity index (χ0v) is 15.1. The van der Waals surface area contributed by atoms with Crippen LogP contribution in [0.3, 0.4) is 0 Å². The highest BCUT2D eigenvalue weighted by atomic mass is 32.1. The Bertz CT molecular complexity index is 852. The van der Waals surface area contributed by atoms with Crippen LogP contribution in [0.1, 0.15) is 29.1 Å². The Kier molecular flexibility index (Phi) is 4.71. The summed E-state index contributed by atoms with van der Waals surface area (Å²) in [5, 5.41) is 10.4. The lowest BCUT2D eigenvalue weighted by Gasteiger charge is -2.08. The van der Waals surface area contributed by atoms with Crippen molar-refractivity contribution in [1.82, 2.24) is 20.3 Å². The molecule has 0 fully saturated rings. The molecule has 1 aliphatic carbocycles. The molecule has 3 aromatic heterocycles. The van der Waals surface area contributed by atoms with Crippen LogP contribution in [-0.4, -0.2) is 21.0 Å². The Balaban J connectivity index is 1.40. The Morgan fingerprint density at radius 1 is 1.20 bits per heavy atom. The average molecular weight is 371 g/mol. The maximum absolute atomic E-state index is 12.2. The van der Waals surface area contributed by atoms with Gasteiger partial charge >= 0.3 is 6.03 Å². The van der Waals surface area contributed by atoms with Gasteiger partial charge in [-0.25, -0.2) is 9.78 Å². The summed E-state index contributed by atoms with van der Waals surface area (Å²) in [6, 6.07) is 1.73. The first-order valence-electron chi connectivity index (χ1n) is 8.15. The predicted octanol–water partition coefficient (Wildman–Crippen LogP) is 3.86. The summed E-state index contributed by atoms with van der Waals surface area (Å²) in [6.45, 7) is 0.315. The number of aryl methyl sites for hydroxylation is 2. The molecule has 0 radical (unpaired) electrons. The number of aromatic nitrogens is 3. The third-order valence-corrected chi connectivity index (χ3v) is 5.81. The lowest BCUT2D eigenvalue weighted by Crippen LogP contribution is -2.28. The summed E-state index contributed by atoms with van der Waals surface area (Å²) in [5.41, 5.74) is 3.70. The molecule has 0 saturated heterocycles. The van der Waals surface area contributed by atoms with Crippen LogP contribution < -0.4 is 10.6 Å². The highest BCUT2D eigenvalue weighted by Crippen LogP contribution is 2.29. The zero-order chi connectivity index (χ0) is 17.1. The predicted molar refractivity (Wildman–Crippen MR) is 100.0 cm³/mol. The lowest BCUT2D eigenvalue weighted by molar-refractivity contribution is 0.251. The van der Waals surface area contributed by atoms with E-state index in [4.69, 9.17) is 0 Å². The van der Waals surface area contributed by atoms with Gasteiger partial charge in [-0.2, -0.15) is 11.3 Å². The number of rotatable bonds is 4. The molecular weight excluding hydrogens is 354 g/mol. The number of nitrogens with one attached hydrogen (secondary N) is 2. The zero-order valence-electron chi connectivity index (χ0n) is 13.5. The molecule has 1 aliphatic rings. The third-order valence-electron chi connectivity index (χ3n) is 4.05. The number of amides is 2. The van der Waals surface area contributed by atoms with Crippen molar-refractivity contribution >= 4 is 33.8 Å². The lowest BCUT2D eigenvalue weighted by atomic mass is 10.0. The quantitative estimate of drug-likeness (QED) is 0.730. The Morgan fingerprint density at radius 3 is 2.92 bits per heavy atom. The number of thiophene rings is 1. The first kappa shape index (κ1) is 16.2. The van der Waals surface area contributed by atoms with Gasteiger partial charge in [0.25, 0.3) is 0 Å². The molecule has 2 N–H and O–H groups in total. The van der Waals surface area contributed by atoms with Crippen molar-refractivity contribution in [3.05, 3.63) is 45.5 Å². The molecule has 0 atom stereocenters. The van der Waals surface area contributed by atoms with Crippen LogP contribution in [0, 0.1) is 0 Å². The van der Waals surface area contributed by atoms with Crippen LogP contribution in [0.25, 0.3) is 11.3 Å². The maximum atomic E-state index is 12.2. The molecule has 0 spiro atoms. The van der Waals surface area contributed by atoms with Crippen LogP contribution in [0.2, 0.25) is 0 Å². The number of carbonyl (C=O) groups is 1. The highest BCUT2D eigenvalue weighted by Gasteiger charge is 2.16. The van der Waals surface area contributed by atoms with Gasteiger partial charge in [0.1, 0.15) is 0 Å². The number of hydrogen-bond acceptors (Lipinski definition) is 6. The largest absolute Gasteiger partial charge is 0.332 e. The van der Waals surface area contributed by atoms with Crippen LogP contribution in [0.15, 0.2) is 29.2 Å². The summed E-state index contributed by atoms with van der Waals surface area (Å²) in [4.78, 5) is 26.8. The molecule has 25 heavy (non-hydrogen) atoms. The molecule has 3 aromatic rings. The molecule has 0 bridgehead atoms. The minimum Gasteiger partial charge on any atom is -0.332 e. The number of hydrogen-bond donors (Lipinski definition) is 2. The second-order valence-electron chi connectivity index (χ2n) is 5.77. The molecule has 4 rings (SSSR count). The van der Waals surface area contributed by atoms with E-state index >= 15 is 0 Å². The number of nitrogens with zero attached hydrogens (tertiary/aromatic N) is 3. The van der Waals surface area contributed by atoms with Gasteiger partial charge < -0.3 is 5.32 Å². The minimum atomic E-state index is -0.270. The van der Waals surface area contributed by atoms with E-state index < -0.39 is 0 Å². The minimum absolute atomic E-state index is 0.270. The van der Waals surface area contributed by atoms with Crippen LogP contribution >= 0.6 is 22.7 Å². The maximum Gasteiger partial charge on any atom is 0.321 e.